The lowest BCUT2D eigenvalue weighted by molar-refractivity contribution is 0.000824. The molecular formula is C12H18N2O3S. The maximum atomic E-state index is 12.4. The summed E-state index contributed by atoms with van der Waals surface area (Å²) in [4.78, 5) is 0.343. The van der Waals surface area contributed by atoms with Crippen molar-refractivity contribution in [1.29, 1.82) is 0 Å². The molecule has 1 saturated heterocycles. The van der Waals surface area contributed by atoms with Crippen molar-refractivity contribution in [3.63, 3.8) is 0 Å². The Bertz CT molecular complexity index is 473. The van der Waals surface area contributed by atoms with Gasteiger partial charge in [0.2, 0.25) is 10.0 Å². The number of likely N-dealkylation sites (N-methyl/N-ethyl adjacent to an activating group) is 1. The maximum Gasteiger partial charge on any atom is 0.243 e. The topological polar surface area (TPSA) is 58.6 Å². The average Bonchev–Trinajstić information content (AvgIpc) is 2.40. The van der Waals surface area contributed by atoms with Crippen LogP contribution in [-0.2, 0) is 14.8 Å². The van der Waals surface area contributed by atoms with Crippen LogP contribution in [0.15, 0.2) is 35.2 Å². The molecule has 100 valence electrons. The summed E-state index contributed by atoms with van der Waals surface area (Å²) in [7, 11) is -1.56. The van der Waals surface area contributed by atoms with Gasteiger partial charge in [-0.05, 0) is 19.2 Å². The highest BCUT2D eigenvalue weighted by molar-refractivity contribution is 7.89. The van der Waals surface area contributed by atoms with E-state index in [0.717, 1.165) is 0 Å². The van der Waals surface area contributed by atoms with Crippen LogP contribution < -0.4 is 5.32 Å². The number of nitrogens with zero attached hydrogens (tertiary/aromatic N) is 1. The molecule has 1 fully saturated rings. The molecule has 1 heterocycles. The maximum absolute atomic E-state index is 12.4. The van der Waals surface area contributed by atoms with E-state index in [1.165, 1.54) is 4.31 Å². The second-order valence-corrected chi connectivity index (χ2v) is 6.16. The van der Waals surface area contributed by atoms with Gasteiger partial charge in [0.25, 0.3) is 0 Å². The van der Waals surface area contributed by atoms with Crippen LogP contribution in [0.25, 0.3) is 0 Å². The number of hydrogen-bond acceptors (Lipinski definition) is 4. The summed E-state index contributed by atoms with van der Waals surface area (Å²) in [5.74, 6) is 0. The van der Waals surface area contributed by atoms with Crippen LogP contribution in [0, 0.1) is 0 Å². The van der Waals surface area contributed by atoms with Crippen molar-refractivity contribution in [3.8, 4) is 0 Å². The van der Waals surface area contributed by atoms with Crippen molar-refractivity contribution < 1.29 is 13.2 Å². The van der Waals surface area contributed by atoms with E-state index in [2.05, 4.69) is 5.32 Å². The first-order valence-electron chi connectivity index (χ1n) is 5.96. The van der Waals surface area contributed by atoms with Crippen LogP contribution in [0.5, 0.6) is 0 Å². The highest BCUT2D eigenvalue weighted by atomic mass is 32.2. The average molecular weight is 270 g/mol. The van der Waals surface area contributed by atoms with Crippen LogP contribution >= 0.6 is 0 Å². The van der Waals surface area contributed by atoms with Gasteiger partial charge in [0.15, 0.2) is 0 Å². The van der Waals surface area contributed by atoms with E-state index in [1.807, 2.05) is 13.1 Å². The van der Waals surface area contributed by atoms with Crippen LogP contribution in [-0.4, -0.2) is 52.1 Å². The lowest BCUT2D eigenvalue weighted by Gasteiger charge is -2.32. The third-order valence-corrected chi connectivity index (χ3v) is 4.79. The largest absolute Gasteiger partial charge is 0.374 e. The van der Waals surface area contributed by atoms with Gasteiger partial charge in [0, 0.05) is 19.6 Å². The van der Waals surface area contributed by atoms with E-state index in [9.17, 15) is 8.42 Å². The lowest BCUT2D eigenvalue weighted by atomic mass is 10.3. The Balaban J connectivity index is 2.15. The molecule has 6 heteroatoms. The summed E-state index contributed by atoms with van der Waals surface area (Å²) >= 11 is 0. The second-order valence-electron chi connectivity index (χ2n) is 4.23. The molecule has 0 aliphatic carbocycles. The molecule has 0 aromatic heterocycles. The summed E-state index contributed by atoms with van der Waals surface area (Å²) in [5, 5.41) is 3.00. The van der Waals surface area contributed by atoms with Gasteiger partial charge < -0.3 is 10.1 Å². The molecule has 1 atom stereocenters. The molecule has 1 N–H and O–H groups in total. The second kappa shape index (κ2) is 5.79. The minimum atomic E-state index is -3.39. The molecular weight excluding hydrogens is 252 g/mol. The highest BCUT2D eigenvalue weighted by Crippen LogP contribution is 2.18. The zero-order chi connectivity index (χ0) is 13.0. The number of nitrogens with one attached hydrogen (secondary N) is 1. The van der Waals surface area contributed by atoms with Crippen molar-refractivity contribution in [2.45, 2.75) is 11.0 Å². The van der Waals surface area contributed by atoms with E-state index in [1.54, 1.807) is 24.3 Å². The molecule has 0 bridgehead atoms. The Morgan fingerprint density at radius 1 is 1.39 bits per heavy atom. The third kappa shape index (κ3) is 2.89. The summed E-state index contributed by atoms with van der Waals surface area (Å²) in [6.07, 6.45) is -0.0813. The van der Waals surface area contributed by atoms with E-state index in [0.29, 0.717) is 31.1 Å². The molecule has 1 aliphatic heterocycles. The number of sulfonamides is 1. The third-order valence-electron chi connectivity index (χ3n) is 2.91. The van der Waals surface area contributed by atoms with Crippen LogP contribution in [0.2, 0.25) is 0 Å². The molecule has 2 rings (SSSR count). The van der Waals surface area contributed by atoms with E-state index < -0.39 is 10.0 Å². The highest BCUT2D eigenvalue weighted by Gasteiger charge is 2.30. The summed E-state index contributed by atoms with van der Waals surface area (Å²) in [6.45, 7) is 1.91. The summed E-state index contributed by atoms with van der Waals surface area (Å²) in [5.41, 5.74) is 0. The zero-order valence-corrected chi connectivity index (χ0v) is 11.2. The van der Waals surface area contributed by atoms with Crippen molar-refractivity contribution >= 4 is 10.0 Å². The smallest absolute Gasteiger partial charge is 0.243 e. The number of rotatable bonds is 4. The zero-order valence-electron chi connectivity index (χ0n) is 10.4. The first-order chi connectivity index (χ1) is 8.64. The van der Waals surface area contributed by atoms with Crippen LogP contribution in [0.4, 0.5) is 0 Å². The van der Waals surface area contributed by atoms with E-state index in [-0.39, 0.29) is 6.10 Å². The van der Waals surface area contributed by atoms with Gasteiger partial charge in [-0.3, -0.25) is 0 Å². The molecule has 0 amide bonds. The monoisotopic (exact) mass is 270 g/mol. The van der Waals surface area contributed by atoms with Gasteiger partial charge in [-0.15, -0.1) is 0 Å². The van der Waals surface area contributed by atoms with Crippen LogP contribution in [0.3, 0.4) is 0 Å². The predicted molar refractivity (Wildman–Crippen MR) is 68.9 cm³/mol. The minimum absolute atomic E-state index is 0.0813. The predicted octanol–water partition coefficient (Wildman–Crippen LogP) is 0.295. The van der Waals surface area contributed by atoms with Gasteiger partial charge in [-0.2, -0.15) is 4.31 Å². The lowest BCUT2D eigenvalue weighted by Crippen LogP contribution is -2.48. The normalized spacial score (nSPS) is 21.9. The molecule has 18 heavy (non-hydrogen) atoms. The van der Waals surface area contributed by atoms with Gasteiger partial charge in [-0.25, -0.2) is 8.42 Å². The fourth-order valence-electron chi connectivity index (χ4n) is 2.00. The quantitative estimate of drug-likeness (QED) is 0.854. The van der Waals surface area contributed by atoms with Crippen molar-refractivity contribution in [2.24, 2.45) is 0 Å². The molecule has 1 aromatic rings. The van der Waals surface area contributed by atoms with Gasteiger partial charge in [-0.1, -0.05) is 18.2 Å². The van der Waals surface area contributed by atoms with Gasteiger partial charge in [0.1, 0.15) is 0 Å². The van der Waals surface area contributed by atoms with Gasteiger partial charge in [0.05, 0.1) is 17.6 Å². The number of benzene rings is 1. The molecule has 1 aliphatic rings. The molecule has 0 radical (unpaired) electrons. The Morgan fingerprint density at radius 3 is 2.78 bits per heavy atom. The molecule has 1 unspecified atom stereocenters. The fourth-order valence-corrected chi connectivity index (χ4v) is 3.48. The SMILES string of the molecule is CNCC1CN(S(=O)(=O)c2ccccc2)CCO1. The van der Waals surface area contributed by atoms with Crippen LogP contribution in [0.1, 0.15) is 0 Å². The molecule has 1 aromatic carbocycles. The number of hydrogen-bond donors (Lipinski definition) is 1. The Labute approximate surface area is 108 Å². The first-order valence-corrected chi connectivity index (χ1v) is 7.40. The van der Waals surface area contributed by atoms with E-state index in [4.69, 9.17) is 4.74 Å². The minimum Gasteiger partial charge on any atom is -0.374 e. The van der Waals surface area contributed by atoms with E-state index >= 15 is 0 Å². The molecule has 5 nitrogen and oxygen atoms in total. The van der Waals surface area contributed by atoms with Crippen molar-refractivity contribution in [1.82, 2.24) is 9.62 Å². The summed E-state index contributed by atoms with van der Waals surface area (Å²) in [6, 6.07) is 8.52. The Kier molecular flexibility index (Phi) is 4.34. The summed E-state index contributed by atoms with van der Waals surface area (Å²) < 4.78 is 31.8. The first kappa shape index (κ1) is 13.5. The Morgan fingerprint density at radius 2 is 2.11 bits per heavy atom. The molecule has 0 saturated carbocycles. The van der Waals surface area contributed by atoms with Gasteiger partial charge >= 0.3 is 0 Å². The molecule has 0 spiro atoms. The Hall–Kier alpha value is -0.950. The van der Waals surface area contributed by atoms with Crippen molar-refractivity contribution in [3.05, 3.63) is 30.3 Å². The number of ether oxygens (including phenoxy) is 1. The fraction of sp³-hybridized carbons (Fsp3) is 0.500. The van der Waals surface area contributed by atoms with Crippen molar-refractivity contribution in [2.75, 3.05) is 33.3 Å². The number of morpholine rings is 1. The standard InChI is InChI=1S/C12H18N2O3S/c1-13-9-11-10-14(7-8-17-11)18(15,16)12-5-3-2-4-6-12/h2-6,11,13H,7-10H2,1H3.